The van der Waals surface area contributed by atoms with E-state index in [0.717, 1.165) is 65.9 Å². The summed E-state index contributed by atoms with van der Waals surface area (Å²) in [6.07, 6.45) is 1.27. The van der Waals surface area contributed by atoms with Gasteiger partial charge in [-0.3, -0.25) is 0 Å². The van der Waals surface area contributed by atoms with E-state index in [4.69, 9.17) is 9.72 Å². The smallest absolute Gasteiger partial charge is 0.416 e. The minimum atomic E-state index is -4.37. The maximum atomic E-state index is 13.0. The fourth-order valence-corrected chi connectivity index (χ4v) is 5.31. The van der Waals surface area contributed by atoms with E-state index in [1.54, 1.807) is 0 Å². The van der Waals surface area contributed by atoms with E-state index in [2.05, 4.69) is 6.92 Å². The molecule has 38 heavy (non-hydrogen) atoms. The normalized spacial score (nSPS) is 13.1. The minimum Gasteiger partial charge on any atom is -0.485 e. The second-order valence-electron chi connectivity index (χ2n) is 10.4. The zero-order chi connectivity index (χ0) is 27.9. The first-order valence-electron chi connectivity index (χ1n) is 13.2. The average Bonchev–Trinajstić information content (AvgIpc) is 3.28. The standard InChI is InChI=1S/C30H38F3NO3S/c1-5-6-7-8-9-24-27(38-28(34-24)21-10-13-23(14-11-21)30(31,32)33)17-15-25(36)22-12-16-26(20(2)18-22)37-29(3,4)19-35/h10-14,16,18,25,35-36H,5-9,15,17,19H2,1-4H3. The minimum absolute atomic E-state index is 0.110. The van der Waals surface area contributed by atoms with Gasteiger partial charge in [0.1, 0.15) is 16.4 Å². The molecule has 1 unspecified atom stereocenters. The quantitative estimate of drug-likeness (QED) is 0.212. The summed E-state index contributed by atoms with van der Waals surface area (Å²) in [4.78, 5) is 5.87. The Morgan fingerprint density at radius 3 is 2.32 bits per heavy atom. The molecule has 2 aromatic carbocycles. The molecule has 0 saturated heterocycles. The van der Waals surface area contributed by atoms with Crippen molar-refractivity contribution in [3.63, 3.8) is 0 Å². The molecule has 0 amide bonds. The molecule has 208 valence electrons. The highest BCUT2D eigenvalue weighted by atomic mass is 32.1. The van der Waals surface area contributed by atoms with Crippen LogP contribution in [0.4, 0.5) is 13.2 Å². The topological polar surface area (TPSA) is 62.6 Å². The van der Waals surface area contributed by atoms with Gasteiger partial charge >= 0.3 is 6.18 Å². The van der Waals surface area contributed by atoms with E-state index in [1.807, 2.05) is 39.0 Å². The Kier molecular flexibility index (Phi) is 10.4. The second-order valence-corrected chi connectivity index (χ2v) is 11.5. The Bertz CT molecular complexity index is 1170. The summed E-state index contributed by atoms with van der Waals surface area (Å²) in [5.74, 6) is 0.665. The van der Waals surface area contributed by atoms with Gasteiger partial charge in [-0.05, 0) is 81.8 Å². The molecule has 3 aromatic rings. The predicted molar refractivity (Wildman–Crippen MR) is 147 cm³/mol. The third kappa shape index (κ3) is 8.29. The molecule has 1 atom stereocenters. The van der Waals surface area contributed by atoms with E-state index in [1.165, 1.54) is 23.5 Å². The summed E-state index contributed by atoms with van der Waals surface area (Å²) in [6.45, 7) is 7.58. The summed E-state index contributed by atoms with van der Waals surface area (Å²) < 4.78 is 44.9. The van der Waals surface area contributed by atoms with Crippen LogP contribution in [-0.4, -0.2) is 27.4 Å². The molecule has 4 nitrogen and oxygen atoms in total. The highest BCUT2D eigenvalue weighted by Gasteiger charge is 2.30. The Labute approximate surface area is 227 Å². The van der Waals surface area contributed by atoms with Crippen LogP contribution in [0.2, 0.25) is 0 Å². The van der Waals surface area contributed by atoms with Crippen molar-refractivity contribution in [3.05, 3.63) is 69.7 Å². The van der Waals surface area contributed by atoms with Crippen molar-refractivity contribution in [2.24, 2.45) is 0 Å². The van der Waals surface area contributed by atoms with E-state index in [-0.39, 0.29) is 6.61 Å². The molecule has 0 radical (unpaired) electrons. The van der Waals surface area contributed by atoms with Gasteiger partial charge in [-0.2, -0.15) is 13.2 Å². The summed E-state index contributed by atoms with van der Waals surface area (Å²) in [5, 5.41) is 21.1. The third-order valence-electron chi connectivity index (χ3n) is 6.50. The van der Waals surface area contributed by atoms with E-state index in [9.17, 15) is 23.4 Å². The average molecular weight is 550 g/mol. The lowest BCUT2D eigenvalue weighted by Crippen LogP contribution is -2.32. The monoisotopic (exact) mass is 549 g/mol. The first-order valence-corrected chi connectivity index (χ1v) is 14.0. The lowest BCUT2D eigenvalue weighted by molar-refractivity contribution is -0.137. The number of alkyl halides is 3. The maximum absolute atomic E-state index is 13.0. The fraction of sp³-hybridized carbons (Fsp3) is 0.500. The van der Waals surface area contributed by atoms with Gasteiger partial charge in [0.25, 0.3) is 0 Å². The number of rotatable bonds is 13. The summed E-state index contributed by atoms with van der Waals surface area (Å²) in [6, 6.07) is 10.7. The lowest BCUT2D eigenvalue weighted by Gasteiger charge is -2.25. The Balaban J connectivity index is 1.75. The molecule has 0 aliphatic carbocycles. The fourth-order valence-electron chi connectivity index (χ4n) is 4.18. The number of aromatic nitrogens is 1. The molecular formula is C30H38F3NO3S. The number of hydrogen-bond donors (Lipinski definition) is 2. The van der Waals surface area contributed by atoms with Crippen molar-refractivity contribution in [2.75, 3.05) is 6.61 Å². The third-order valence-corrected chi connectivity index (χ3v) is 7.71. The van der Waals surface area contributed by atoms with Crippen LogP contribution in [0, 0.1) is 6.92 Å². The van der Waals surface area contributed by atoms with Gasteiger partial charge in [-0.15, -0.1) is 11.3 Å². The summed E-state index contributed by atoms with van der Waals surface area (Å²) >= 11 is 1.49. The number of ether oxygens (including phenoxy) is 1. The van der Waals surface area contributed by atoms with Crippen LogP contribution in [0.25, 0.3) is 10.6 Å². The molecule has 0 aliphatic rings. The van der Waals surface area contributed by atoms with Gasteiger partial charge < -0.3 is 14.9 Å². The van der Waals surface area contributed by atoms with Crippen molar-refractivity contribution in [1.29, 1.82) is 0 Å². The summed E-state index contributed by atoms with van der Waals surface area (Å²) in [5.41, 5.74) is 1.93. The van der Waals surface area contributed by atoms with Crippen molar-refractivity contribution in [1.82, 2.24) is 4.98 Å². The van der Waals surface area contributed by atoms with Gasteiger partial charge in [0.2, 0.25) is 0 Å². The number of unbranched alkanes of at least 4 members (excludes halogenated alkanes) is 3. The number of halogens is 3. The van der Waals surface area contributed by atoms with E-state index in [0.29, 0.717) is 29.2 Å². The molecule has 2 N–H and O–H groups in total. The molecular weight excluding hydrogens is 511 g/mol. The van der Waals surface area contributed by atoms with Gasteiger partial charge in [-0.25, -0.2) is 4.98 Å². The molecule has 1 heterocycles. The van der Waals surface area contributed by atoms with Crippen LogP contribution in [0.5, 0.6) is 5.75 Å². The number of hydrogen-bond acceptors (Lipinski definition) is 5. The maximum Gasteiger partial charge on any atom is 0.416 e. The second kappa shape index (κ2) is 13.1. The Hall–Kier alpha value is -2.42. The zero-order valence-corrected chi connectivity index (χ0v) is 23.4. The highest BCUT2D eigenvalue weighted by molar-refractivity contribution is 7.15. The van der Waals surface area contributed by atoms with Crippen LogP contribution in [0.1, 0.15) is 86.2 Å². The number of aliphatic hydroxyl groups is 2. The van der Waals surface area contributed by atoms with Crippen LogP contribution >= 0.6 is 11.3 Å². The van der Waals surface area contributed by atoms with Gasteiger partial charge in [0.05, 0.1) is 24.0 Å². The van der Waals surface area contributed by atoms with E-state index >= 15 is 0 Å². The number of aliphatic hydroxyl groups excluding tert-OH is 2. The molecule has 0 bridgehead atoms. The molecule has 0 spiro atoms. The van der Waals surface area contributed by atoms with Crippen LogP contribution in [-0.2, 0) is 19.0 Å². The molecule has 0 fully saturated rings. The van der Waals surface area contributed by atoms with Gasteiger partial charge in [-0.1, -0.05) is 44.4 Å². The Morgan fingerprint density at radius 2 is 1.71 bits per heavy atom. The van der Waals surface area contributed by atoms with Crippen LogP contribution < -0.4 is 4.74 Å². The first kappa shape index (κ1) is 30.1. The van der Waals surface area contributed by atoms with Crippen molar-refractivity contribution in [2.45, 2.75) is 90.5 Å². The molecule has 0 saturated carbocycles. The van der Waals surface area contributed by atoms with Crippen molar-refractivity contribution >= 4 is 11.3 Å². The largest absolute Gasteiger partial charge is 0.485 e. The van der Waals surface area contributed by atoms with E-state index < -0.39 is 23.4 Å². The van der Waals surface area contributed by atoms with Gasteiger partial charge in [0, 0.05) is 10.4 Å². The molecule has 1 aromatic heterocycles. The number of thiazole rings is 1. The van der Waals surface area contributed by atoms with Crippen LogP contribution in [0.3, 0.4) is 0 Å². The summed E-state index contributed by atoms with van der Waals surface area (Å²) in [7, 11) is 0. The molecule has 3 rings (SSSR count). The first-order chi connectivity index (χ1) is 17.9. The van der Waals surface area contributed by atoms with Crippen LogP contribution in [0.15, 0.2) is 42.5 Å². The number of aryl methyl sites for hydroxylation is 3. The van der Waals surface area contributed by atoms with Crippen molar-refractivity contribution in [3.8, 4) is 16.3 Å². The lowest BCUT2D eigenvalue weighted by atomic mass is 10.0. The van der Waals surface area contributed by atoms with Crippen molar-refractivity contribution < 1.29 is 28.1 Å². The Morgan fingerprint density at radius 1 is 1.00 bits per heavy atom. The number of nitrogens with zero attached hydrogens (tertiary/aromatic N) is 1. The highest BCUT2D eigenvalue weighted by Crippen LogP contribution is 2.35. The molecule has 0 aliphatic heterocycles. The number of benzene rings is 2. The molecule has 8 heteroatoms. The van der Waals surface area contributed by atoms with Gasteiger partial charge in [0.15, 0.2) is 0 Å². The zero-order valence-electron chi connectivity index (χ0n) is 22.6. The predicted octanol–water partition coefficient (Wildman–Crippen LogP) is 8.08. The SMILES string of the molecule is CCCCCCc1nc(-c2ccc(C(F)(F)F)cc2)sc1CCC(O)c1ccc(OC(C)(C)CO)c(C)c1.